The molecule has 0 aliphatic heterocycles. The van der Waals surface area contributed by atoms with Crippen molar-refractivity contribution in [3.05, 3.63) is 33.8 Å². The number of rotatable bonds is 5. The van der Waals surface area contributed by atoms with Crippen LogP contribution in [0.1, 0.15) is 5.56 Å². The van der Waals surface area contributed by atoms with Crippen LogP contribution in [0.3, 0.4) is 0 Å². The molecule has 0 aromatic heterocycles. The molecule has 5 nitrogen and oxygen atoms in total. The van der Waals surface area contributed by atoms with Crippen molar-refractivity contribution in [3.8, 4) is 0 Å². The summed E-state index contributed by atoms with van der Waals surface area (Å²) in [6, 6.07) is 4.80. The van der Waals surface area contributed by atoms with E-state index < -0.39 is 11.8 Å². The molecule has 17 heavy (non-hydrogen) atoms. The molecule has 2 amide bonds. The van der Waals surface area contributed by atoms with E-state index in [4.69, 9.17) is 28.9 Å². The van der Waals surface area contributed by atoms with Crippen LogP contribution in [-0.4, -0.2) is 18.4 Å². The van der Waals surface area contributed by atoms with Crippen molar-refractivity contribution in [2.75, 3.05) is 6.61 Å². The fourth-order valence-corrected chi connectivity index (χ4v) is 1.54. The number of nitrogens with one attached hydrogen (secondary N) is 1. The van der Waals surface area contributed by atoms with Gasteiger partial charge < -0.3 is 5.73 Å². The molecule has 0 bridgehead atoms. The summed E-state index contributed by atoms with van der Waals surface area (Å²) in [6.45, 7) is -0.375. The Balaban J connectivity index is 2.48. The summed E-state index contributed by atoms with van der Waals surface area (Å²) >= 11 is 11.6. The average Bonchev–Trinajstić information content (AvgIpc) is 2.21. The van der Waals surface area contributed by atoms with Crippen molar-refractivity contribution in [1.82, 2.24) is 5.48 Å². The van der Waals surface area contributed by atoms with Crippen molar-refractivity contribution < 1.29 is 14.4 Å². The predicted molar refractivity (Wildman–Crippen MR) is 63.5 cm³/mol. The fraction of sp³-hybridized carbons (Fsp3) is 0.200. The van der Waals surface area contributed by atoms with Crippen molar-refractivity contribution >= 4 is 35.0 Å². The second-order valence-corrected chi connectivity index (χ2v) is 4.04. The molecule has 1 aromatic rings. The minimum absolute atomic E-state index is 0.0226. The lowest BCUT2D eigenvalue weighted by Gasteiger charge is -2.06. The third kappa shape index (κ3) is 5.04. The Morgan fingerprint density at radius 2 is 2.06 bits per heavy atom. The molecule has 1 rings (SSSR count). The summed E-state index contributed by atoms with van der Waals surface area (Å²) in [6.07, 6.45) is 0.0226. The van der Waals surface area contributed by atoms with Gasteiger partial charge in [0.25, 0.3) is 0 Å². The summed E-state index contributed by atoms with van der Waals surface area (Å²) in [4.78, 5) is 26.2. The minimum Gasteiger partial charge on any atom is -0.368 e. The predicted octanol–water partition coefficient (Wildman–Crippen LogP) is 1.07. The summed E-state index contributed by atoms with van der Waals surface area (Å²) in [5.74, 6) is -1.11. The molecule has 0 heterocycles. The zero-order chi connectivity index (χ0) is 12.8. The van der Waals surface area contributed by atoms with Crippen LogP contribution in [0.25, 0.3) is 0 Å². The van der Waals surface area contributed by atoms with Crippen LogP contribution in [0, 0.1) is 0 Å². The first-order valence-electron chi connectivity index (χ1n) is 4.62. The first-order chi connectivity index (χ1) is 7.99. The van der Waals surface area contributed by atoms with Gasteiger partial charge in [0.2, 0.25) is 11.8 Å². The lowest BCUT2D eigenvalue weighted by atomic mass is 10.1. The molecule has 0 aliphatic rings. The monoisotopic (exact) mass is 276 g/mol. The van der Waals surface area contributed by atoms with Crippen molar-refractivity contribution in [2.45, 2.75) is 6.42 Å². The third-order valence-electron chi connectivity index (χ3n) is 1.77. The molecule has 0 saturated carbocycles. The molecule has 0 saturated heterocycles. The van der Waals surface area contributed by atoms with E-state index in [-0.39, 0.29) is 13.0 Å². The van der Waals surface area contributed by atoms with Crippen LogP contribution in [0.2, 0.25) is 10.0 Å². The van der Waals surface area contributed by atoms with Crippen molar-refractivity contribution in [1.29, 1.82) is 0 Å². The number of hydroxylamine groups is 1. The normalized spacial score (nSPS) is 10.0. The van der Waals surface area contributed by atoms with Gasteiger partial charge in [0.1, 0.15) is 0 Å². The minimum atomic E-state index is -0.671. The zero-order valence-corrected chi connectivity index (χ0v) is 10.2. The highest BCUT2D eigenvalue weighted by molar-refractivity contribution is 6.35. The van der Waals surface area contributed by atoms with Gasteiger partial charge in [-0.1, -0.05) is 29.3 Å². The van der Waals surface area contributed by atoms with Gasteiger partial charge in [-0.15, -0.1) is 0 Å². The number of hydrogen-bond donors (Lipinski definition) is 2. The summed E-state index contributed by atoms with van der Waals surface area (Å²) < 4.78 is 0. The lowest BCUT2D eigenvalue weighted by Crippen LogP contribution is -2.30. The maximum atomic E-state index is 11.4. The Kier molecular flexibility index (Phi) is 5.21. The van der Waals surface area contributed by atoms with Gasteiger partial charge in [0, 0.05) is 10.0 Å². The second-order valence-electron chi connectivity index (χ2n) is 3.19. The number of hydrogen-bond acceptors (Lipinski definition) is 3. The quantitative estimate of drug-likeness (QED) is 0.790. The van der Waals surface area contributed by atoms with Gasteiger partial charge in [0.15, 0.2) is 6.61 Å². The topological polar surface area (TPSA) is 81.4 Å². The Morgan fingerprint density at radius 3 is 2.65 bits per heavy atom. The first-order valence-corrected chi connectivity index (χ1v) is 5.37. The van der Waals surface area contributed by atoms with Crippen LogP contribution in [-0.2, 0) is 20.8 Å². The Hall–Kier alpha value is -1.30. The zero-order valence-electron chi connectivity index (χ0n) is 8.70. The van der Waals surface area contributed by atoms with Gasteiger partial charge >= 0.3 is 0 Å². The maximum Gasteiger partial charge on any atom is 0.248 e. The number of benzene rings is 1. The van der Waals surface area contributed by atoms with E-state index in [1.165, 1.54) is 6.07 Å². The van der Waals surface area contributed by atoms with Crippen LogP contribution < -0.4 is 11.2 Å². The number of primary amides is 1. The smallest absolute Gasteiger partial charge is 0.248 e. The van der Waals surface area contributed by atoms with Gasteiger partial charge in [-0.05, 0) is 17.7 Å². The fourth-order valence-electron chi connectivity index (χ4n) is 1.06. The molecular formula is C10H10Cl2N2O3. The third-order valence-corrected chi connectivity index (χ3v) is 2.35. The van der Waals surface area contributed by atoms with Gasteiger partial charge in [-0.2, -0.15) is 0 Å². The number of halogens is 2. The number of amides is 2. The number of carbonyl (C=O) groups is 2. The average molecular weight is 277 g/mol. The van der Waals surface area contributed by atoms with E-state index in [2.05, 4.69) is 10.3 Å². The van der Waals surface area contributed by atoms with E-state index in [0.717, 1.165) is 0 Å². The summed E-state index contributed by atoms with van der Waals surface area (Å²) in [5, 5.41) is 0.881. The molecule has 0 atom stereocenters. The number of nitrogens with two attached hydrogens (primary N) is 1. The Bertz CT molecular complexity index is 438. The molecule has 1 aromatic carbocycles. The Labute approximate surface area is 108 Å². The van der Waals surface area contributed by atoms with E-state index >= 15 is 0 Å². The van der Waals surface area contributed by atoms with E-state index in [0.29, 0.717) is 15.6 Å². The second kappa shape index (κ2) is 6.44. The SMILES string of the molecule is NC(=O)CONC(=O)Cc1ccc(Cl)cc1Cl. The molecule has 0 spiro atoms. The summed E-state index contributed by atoms with van der Waals surface area (Å²) in [7, 11) is 0. The van der Waals surface area contributed by atoms with Crippen LogP contribution >= 0.6 is 23.2 Å². The molecule has 7 heteroatoms. The van der Waals surface area contributed by atoms with Crippen LogP contribution in [0.15, 0.2) is 18.2 Å². The van der Waals surface area contributed by atoms with Gasteiger partial charge in [-0.25, -0.2) is 5.48 Å². The highest BCUT2D eigenvalue weighted by Gasteiger charge is 2.08. The molecule has 92 valence electrons. The van der Waals surface area contributed by atoms with Gasteiger partial charge in [0.05, 0.1) is 6.42 Å². The maximum absolute atomic E-state index is 11.4. The van der Waals surface area contributed by atoms with E-state index in [9.17, 15) is 9.59 Å². The largest absolute Gasteiger partial charge is 0.368 e. The number of carbonyl (C=O) groups excluding carboxylic acids is 2. The lowest BCUT2D eigenvalue weighted by molar-refractivity contribution is -0.137. The van der Waals surface area contributed by atoms with Crippen LogP contribution in [0.4, 0.5) is 0 Å². The molecule has 0 aliphatic carbocycles. The molecule has 3 N–H and O–H groups in total. The highest BCUT2D eigenvalue weighted by Crippen LogP contribution is 2.21. The molecule has 0 fully saturated rings. The molecule has 0 radical (unpaired) electrons. The van der Waals surface area contributed by atoms with Crippen molar-refractivity contribution in [2.24, 2.45) is 5.73 Å². The van der Waals surface area contributed by atoms with Gasteiger partial charge in [-0.3, -0.25) is 14.4 Å². The van der Waals surface area contributed by atoms with Crippen LogP contribution in [0.5, 0.6) is 0 Å². The molecular weight excluding hydrogens is 267 g/mol. The first kappa shape index (κ1) is 13.8. The Morgan fingerprint density at radius 1 is 1.35 bits per heavy atom. The van der Waals surface area contributed by atoms with E-state index in [1.54, 1.807) is 12.1 Å². The highest BCUT2D eigenvalue weighted by atomic mass is 35.5. The van der Waals surface area contributed by atoms with E-state index in [1.807, 2.05) is 0 Å². The molecule has 0 unspecified atom stereocenters. The summed E-state index contributed by atoms with van der Waals surface area (Å²) in [5.41, 5.74) is 7.50. The standard InChI is InChI=1S/C10H10Cl2N2O3/c11-7-2-1-6(8(12)4-7)3-10(16)14-17-5-9(13)15/h1-2,4H,3,5H2,(H2,13,15)(H,14,16). The van der Waals surface area contributed by atoms with Crippen molar-refractivity contribution in [3.63, 3.8) is 0 Å².